The second-order valence-corrected chi connectivity index (χ2v) is 3.95. The van der Waals surface area contributed by atoms with Crippen molar-refractivity contribution in [3.63, 3.8) is 0 Å². The van der Waals surface area contributed by atoms with E-state index in [0.717, 1.165) is 25.7 Å². The van der Waals surface area contributed by atoms with Gasteiger partial charge in [-0.25, -0.2) is 0 Å². The number of hydrogen-bond donors (Lipinski definition) is 2. The second-order valence-electron chi connectivity index (χ2n) is 3.95. The van der Waals surface area contributed by atoms with Crippen molar-refractivity contribution in [3.8, 4) is 0 Å². The van der Waals surface area contributed by atoms with Crippen LogP contribution in [-0.4, -0.2) is 42.2 Å². The molecular weight excluding hydrogens is 153 g/mol. The van der Waals surface area contributed by atoms with Gasteiger partial charge in [0.25, 0.3) is 0 Å². The lowest BCUT2D eigenvalue weighted by Gasteiger charge is -2.32. The molecule has 0 bridgehead atoms. The first-order valence-electron chi connectivity index (χ1n) is 4.64. The van der Waals surface area contributed by atoms with Gasteiger partial charge in [-0.1, -0.05) is 12.8 Å². The fraction of sp³-hybridized carbons (Fsp3) is 1.00. The van der Waals surface area contributed by atoms with E-state index in [0.29, 0.717) is 6.04 Å². The maximum absolute atomic E-state index is 8.94. The van der Waals surface area contributed by atoms with E-state index in [1.54, 1.807) is 0 Å². The average molecular weight is 171 g/mol. The lowest BCUT2D eigenvalue weighted by atomic mass is 9.64. The molecule has 2 N–H and O–H groups in total. The SMILES string of the molecule is CN(C)C1CCC(B(O)O)CC1. The van der Waals surface area contributed by atoms with E-state index < -0.39 is 7.12 Å². The highest BCUT2D eigenvalue weighted by atomic mass is 16.4. The Bertz CT molecular complexity index is 117. The van der Waals surface area contributed by atoms with Crippen molar-refractivity contribution in [1.29, 1.82) is 0 Å². The summed E-state index contributed by atoms with van der Waals surface area (Å²) in [5.74, 6) is 0.112. The minimum Gasteiger partial charge on any atom is -0.427 e. The molecule has 70 valence electrons. The van der Waals surface area contributed by atoms with Crippen LogP contribution in [0, 0.1) is 0 Å². The highest BCUT2D eigenvalue weighted by molar-refractivity contribution is 6.43. The molecular formula is C8H18BNO2. The molecule has 0 aromatic heterocycles. The minimum absolute atomic E-state index is 0.112. The Hall–Kier alpha value is -0.0551. The van der Waals surface area contributed by atoms with Gasteiger partial charge in [0.2, 0.25) is 0 Å². The molecule has 1 aliphatic rings. The topological polar surface area (TPSA) is 43.7 Å². The van der Waals surface area contributed by atoms with Crippen molar-refractivity contribution < 1.29 is 10.0 Å². The molecule has 0 atom stereocenters. The van der Waals surface area contributed by atoms with Gasteiger partial charge in [0, 0.05) is 6.04 Å². The monoisotopic (exact) mass is 171 g/mol. The van der Waals surface area contributed by atoms with Gasteiger partial charge in [0.15, 0.2) is 0 Å². The van der Waals surface area contributed by atoms with Gasteiger partial charge < -0.3 is 14.9 Å². The Balaban J connectivity index is 2.30. The zero-order chi connectivity index (χ0) is 9.14. The highest BCUT2D eigenvalue weighted by Crippen LogP contribution is 2.31. The summed E-state index contributed by atoms with van der Waals surface area (Å²) in [5.41, 5.74) is 0. The quantitative estimate of drug-likeness (QED) is 0.588. The van der Waals surface area contributed by atoms with E-state index in [2.05, 4.69) is 19.0 Å². The van der Waals surface area contributed by atoms with Gasteiger partial charge in [-0.15, -0.1) is 0 Å². The van der Waals surface area contributed by atoms with E-state index in [1.807, 2.05) is 0 Å². The molecule has 4 heteroatoms. The fourth-order valence-electron chi connectivity index (χ4n) is 1.92. The van der Waals surface area contributed by atoms with Crippen LogP contribution in [-0.2, 0) is 0 Å². The lowest BCUT2D eigenvalue weighted by Crippen LogP contribution is -2.34. The summed E-state index contributed by atoms with van der Waals surface area (Å²) in [4.78, 5) is 2.22. The molecule has 0 aromatic carbocycles. The summed E-state index contributed by atoms with van der Waals surface area (Å²) in [6.07, 6.45) is 4.08. The summed E-state index contributed by atoms with van der Waals surface area (Å²) >= 11 is 0. The third-order valence-electron chi connectivity index (χ3n) is 2.89. The molecule has 1 fully saturated rings. The average Bonchev–Trinajstić information content (AvgIpc) is 2.04. The second kappa shape index (κ2) is 4.26. The van der Waals surface area contributed by atoms with E-state index in [9.17, 15) is 0 Å². The van der Waals surface area contributed by atoms with Crippen LogP contribution in [0.5, 0.6) is 0 Å². The summed E-state index contributed by atoms with van der Waals surface area (Å²) in [6.45, 7) is 0. The predicted molar refractivity (Wildman–Crippen MR) is 49.9 cm³/mol. The third-order valence-corrected chi connectivity index (χ3v) is 2.89. The zero-order valence-electron chi connectivity index (χ0n) is 7.90. The number of hydrogen-bond acceptors (Lipinski definition) is 3. The van der Waals surface area contributed by atoms with E-state index in [-0.39, 0.29) is 5.82 Å². The van der Waals surface area contributed by atoms with E-state index in [1.165, 1.54) is 0 Å². The van der Waals surface area contributed by atoms with Crippen LogP contribution in [0.15, 0.2) is 0 Å². The molecule has 0 spiro atoms. The molecule has 0 radical (unpaired) electrons. The van der Waals surface area contributed by atoms with Gasteiger partial charge in [-0.05, 0) is 32.8 Å². The van der Waals surface area contributed by atoms with Gasteiger partial charge in [0.05, 0.1) is 0 Å². The zero-order valence-corrected chi connectivity index (χ0v) is 7.90. The van der Waals surface area contributed by atoms with Crippen molar-refractivity contribution in [2.45, 2.75) is 37.5 Å². The van der Waals surface area contributed by atoms with Crippen molar-refractivity contribution in [2.24, 2.45) is 0 Å². The Kier molecular flexibility index (Phi) is 3.56. The third kappa shape index (κ3) is 2.47. The Morgan fingerprint density at radius 1 is 1.08 bits per heavy atom. The van der Waals surface area contributed by atoms with Gasteiger partial charge in [0.1, 0.15) is 0 Å². The highest BCUT2D eigenvalue weighted by Gasteiger charge is 2.29. The van der Waals surface area contributed by atoms with Crippen LogP contribution in [0.4, 0.5) is 0 Å². The molecule has 0 aromatic rings. The summed E-state index contributed by atoms with van der Waals surface area (Å²) < 4.78 is 0. The first-order valence-corrected chi connectivity index (χ1v) is 4.64. The normalized spacial score (nSPS) is 30.8. The molecule has 0 aliphatic heterocycles. The number of rotatable bonds is 2. The largest absolute Gasteiger partial charge is 0.454 e. The molecule has 0 unspecified atom stereocenters. The van der Waals surface area contributed by atoms with Crippen molar-refractivity contribution in [3.05, 3.63) is 0 Å². The smallest absolute Gasteiger partial charge is 0.427 e. The molecule has 0 saturated heterocycles. The molecule has 1 saturated carbocycles. The predicted octanol–water partition coefficient (Wildman–Crippen LogP) is 0.334. The van der Waals surface area contributed by atoms with Crippen LogP contribution >= 0.6 is 0 Å². The first kappa shape index (κ1) is 10.0. The van der Waals surface area contributed by atoms with Gasteiger partial charge in [-0.2, -0.15) is 0 Å². The number of nitrogens with zero attached hydrogens (tertiary/aromatic N) is 1. The van der Waals surface area contributed by atoms with Crippen LogP contribution in [0.1, 0.15) is 25.7 Å². The van der Waals surface area contributed by atoms with Gasteiger partial charge >= 0.3 is 7.12 Å². The standard InChI is InChI=1S/C8H18BNO2/c1-10(2)8-5-3-7(4-6-8)9(11)12/h7-8,11-12H,3-6H2,1-2H3. The molecule has 3 nitrogen and oxygen atoms in total. The van der Waals surface area contributed by atoms with Crippen LogP contribution in [0.2, 0.25) is 5.82 Å². The lowest BCUT2D eigenvalue weighted by molar-refractivity contribution is 0.217. The molecule has 0 heterocycles. The van der Waals surface area contributed by atoms with Gasteiger partial charge in [-0.3, -0.25) is 0 Å². The fourth-order valence-corrected chi connectivity index (χ4v) is 1.92. The van der Waals surface area contributed by atoms with E-state index in [4.69, 9.17) is 10.0 Å². The summed E-state index contributed by atoms with van der Waals surface area (Å²) in [5, 5.41) is 17.9. The maximum Gasteiger partial charge on any atom is 0.454 e. The van der Waals surface area contributed by atoms with Crippen LogP contribution < -0.4 is 0 Å². The minimum atomic E-state index is -1.10. The Morgan fingerprint density at radius 3 is 1.92 bits per heavy atom. The Morgan fingerprint density at radius 2 is 1.58 bits per heavy atom. The molecule has 12 heavy (non-hydrogen) atoms. The van der Waals surface area contributed by atoms with E-state index >= 15 is 0 Å². The van der Waals surface area contributed by atoms with Crippen molar-refractivity contribution in [2.75, 3.05) is 14.1 Å². The molecule has 0 amide bonds. The van der Waals surface area contributed by atoms with Crippen molar-refractivity contribution in [1.82, 2.24) is 4.90 Å². The van der Waals surface area contributed by atoms with Crippen LogP contribution in [0.3, 0.4) is 0 Å². The van der Waals surface area contributed by atoms with Crippen LogP contribution in [0.25, 0.3) is 0 Å². The van der Waals surface area contributed by atoms with Crippen molar-refractivity contribution >= 4 is 7.12 Å². The maximum atomic E-state index is 8.94. The molecule has 1 aliphatic carbocycles. The first-order chi connectivity index (χ1) is 5.61. The molecule has 1 rings (SSSR count). The summed E-state index contributed by atoms with van der Waals surface area (Å²) in [6, 6.07) is 0.639. The Labute approximate surface area is 74.5 Å². The summed E-state index contributed by atoms with van der Waals surface area (Å²) in [7, 11) is 3.06.